The minimum Gasteiger partial charge on any atom is -0.492 e. The molecule has 1 saturated heterocycles. The first-order chi connectivity index (χ1) is 12.8. The number of hydrogen-bond acceptors (Lipinski definition) is 4. The maximum Gasteiger partial charge on any atom is 0.417 e. The van der Waals surface area contributed by atoms with E-state index in [0.29, 0.717) is 17.7 Å². The van der Waals surface area contributed by atoms with E-state index in [4.69, 9.17) is 9.15 Å². The number of likely N-dealkylation sites (tertiary alicyclic amines) is 1. The molecule has 3 aromatic rings. The molecule has 0 spiro atoms. The van der Waals surface area contributed by atoms with Gasteiger partial charge in [0.25, 0.3) is 0 Å². The summed E-state index contributed by atoms with van der Waals surface area (Å²) in [6, 6.07) is 16.2. The van der Waals surface area contributed by atoms with Gasteiger partial charge in [0.05, 0.1) is 5.52 Å². The maximum atomic E-state index is 11.2. The quantitative estimate of drug-likeness (QED) is 0.738. The van der Waals surface area contributed by atoms with E-state index in [0.717, 1.165) is 31.3 Å². The van der Waals surface area contributed by atoms with Gasteiger partial charge in [-0.2, -0.15) is 0 Å². The van der Waals surface area contributed by atoms with E-state index >= 15 is 0 Å². The summed E-state index contributed by atoms with van der Waals surface area (Å²) in [6.45, 7) is 3.85. The van der Waals surface area contributed by atoms with Crippen LogP contribution in [0.25, 0.3) is 11.1 Å². The summed E-state index contributed by atoms with van der Waals surface area (Å²) in [5.41, 5.74) is 2.68. The lowest BCUT2D eigenvalue weighted by Gasteiger charge is -2.31. The summed E-state index contributed by atoms with van der Waals surface area (Å²) >= 11 is 0. The lowest BCUT2D eigenvalue weighted by Crippen LogP contribution is -2.37. The minimum atomic E-state index is -0.435. The van der Waals surface area contributed by atoms with Crippen LogP contribution in [0.5, 0.6) is 5.75 Å². The lowest BCUT2D eigenvalue weighted by molar-refractivity contribution is 0.155. The Labute approximate surface area is 152 Å². The number of H-pyrrole nitrogens is 1. The van der Waals surface area contributed by atoms with Crippen LogP contribution in [-0.2, 0) is 6.42 Å². The third kappa shape index (κ3) is 4.17. The van der Waals surface area contributed by atoms with Gasteiger partial charge in [0.2, 0.25) is 0 Å². The summed E-state index contributed by atoms with van der Waals surface area (Å²) in [5, 5.41) is 0. The highest BCUT2D eigenvalue weighted by Crippen LogP contribution is 2.22. The van der Waals surface area contributed by atoms with Crippen molar-refractivity contribution in [3.05, 3.63) is 64.6 Å². The van der Waals surface area contributed by atoms with Crippen molar-refractivity contribution in [1.82, 2.24) is 9.88 Å². The van der Waals surface area contributed by atoms with Gasteiger partial charge < -0.3 is 9.15 Å². The summed E-state index contributed by atoms with van der Waals surface area (Å²) in [6.07, 6.45) is 3.68. The SMILES string of the molecule is O=c1[nH]c2cc(OCCN3CCC(Cc4ccccc4)CC3)ccc2o1. The molecule has 1 aliphatic heterocycles. The largest absolute Gasteiger partial charge is 0.492 e. The highest BCUT2D eigenvalue weighted by molar-refractivity contribution is 5.73. The van der Waals surface area contributed by atoms with Gasteiger partial charge in [-0.05, 0) is 56.0 Å². The second kappa shape index (κ2) is 7.79. The van der Waals surface area contributed by atoms with Crippen LogP contribution >= 0.6 is 0 Å². The molecular weight excluding hydrogens is 328 g/mol. The Morgan fingerprint density at radius 1 is 1.12 bits per heavy atom. The van der Waals surface area contributed by atoms with Crippen LogP contribution in [0.4, 0.5) is 0 Å². The van der Waals surface area contributed by atoms with E-state index in [-0.39, 0.29) is 0 Å². The Morgan fingerprint density at radius 3 is 2.73 bits per heavy atom. The molecule has 5 nitrogen and oxygen atoms in total. The number of hydrogen-bond donors (Lipinski definition) is 1. The molecule has 2 aromatic carbocycles. The predicted octanol–water partition coefficient (Wildman–Crippen LogP) is 3.45. The molecule has 4 rings (SSSR count). The third-order valence-corrected chi connectivity index (χ3v) is 5.14. The Bertz CT molecular complexity index is 892. The van der Waals surface area contributed by atoms with Crippen LogP contribution < -0.4 is 10.5 Å². The number of nitrogens with zero attached hydrogens (tertiary/aromatic N) is 1. The first kappa shape index (κ1) is 16.9. The molecule has 0 atom stereocenters. The van der Waals surface area contributed by atoms with Gasteiger partial charge in [-0.3, -0.25) is 9.88 Å². The van der Waals surface area contributed by atoms with E-state index in [2.05, 4.69) is 40.2 Å². The molecule has 1 N–H and O–H groups in total. The van der Waals surface area contributed by atoms with Gasteiger partial charge >= 0.3 is 5.76 Å². The van der Waals surface area contributed by atoms with Crippen LogP contribution in [0.3, 0.4) is 0 Å². The number of fused-ring (bicyclic) bond motifs is 1. The lowest BCUT2D eigenvalue weighted by atomic mass is 9.90. The van der Waals surface area contributed by atoms with E-state index in [9.17, 15) is 4.79 Å². The van der Waals surface area contributed by atoms with Crippen LogP contribution in [0.15, 0.2) is 57.7 Å². The van der Waals surface area contributed by atoms with Gasteiger partial charge in [-0.25, -0.2) is 4.79 Å². The second-order valence-corrected chi connectivity index (χ2v) is 7.00. The highest BCUT2D eigenvalue weighted by atomic mass is 16.5. The highest BCUT2D eigenvalue weighted by Gasteiger charge is 2.19. The Morgan fingerprint density at radius 2 is 1.92 bits per heavy atom. The minimum absolute atomic E-state index is 0.435. The molecule has 0 amide bonds. The summed E-state index contributed by atoms with van der Waals surface area (Å²) < 4.78 is 10.8. The van der Waals surface area contributed by atoms with Crippen molar-refractivity contribution in [2.24, 2.45) is 5.92 Å². The first-order valence-electron chi connectivity index (χ1n) is 9.28. The standard InChI is InChI=1S/C21H24N2O3/c24-21-22-19-15-18(6-7-20(19)26-21)25-13-12-23-10-8-17(9-11-23)14-16-4-2-1-3-5-16/h1-7,15,17H,8-14H2,(H,22,24). The van der Waals surface area contributed by atoms with Crippen LogP contribution in [0.2, 0.25) is 0 Å². The van der Waals surface area contributed by atoms with Crippen molar-refractivity contribution >= 4 is 11.1 Å². The Balaban J connectivity index is 1.21. The summed E-state index contributed by atoms with van der Waals surface area (Å²) in [4.78, 5) is 16.3. The third-order valence-electron chi connectivity index (χ3n) is 5.14. The number of benzene rings is 2. The van der Waals surface area contributed by atoms with Crippen molar-refractivity contribution in [2.75, 3.05) is 26.2 Å². The molecule has 0 saturated carbocycles. The Hall–Kier alpha value is -2.53. The van der Waals surface area contributed by atoms with Crippen molar-refractivity contribution in [1.29, 1.82) is 0 Å². The number of nitrogens with one attached hydrogen (secondary N) is 1. The number of aromatic nitrogens is 1. The van der Waals surface area contributed by atoms with Gasteiger partial charge in [-0.1, -0.05) is 30.3 Å². The zero-order valence-electron chi connectivity index (χ0n) is 14.8. The molecule has 5 heteroatoms. The molecule has 136 valence electrons. The molecule has 0 radical (unpaired) electrons. The fourth-order valence-corrected chi connectivity index (χ4v) is 3.68. The van der Waals surface area contributed by atoms with Gasteiger partial charge in [-0.15, -0.1) is 0 Å². The van der Waals surface area contributed by atoms with Crippen molar-refractivity contribution in [3.8, 4) is 5.75 Å². The first-order valence-corrected chi connectivity index (χ1v) is 9.28. The molecule has 0 bridgehead atoms. The number of rotatable bonds is 6. The van der Waals surface area contributed by atoms with Crippen LogP contribution in [-0.4, -0.2) is 36.1 Å². The van der Waals surface area contributed by atoms with E-state index in [1.807, 2.05) is 12.1 Å². The zero-order chi connectivity index (χ0) is 17.8. The Kier molecular flexibility index (Phi) is 5.07. The fraction of sp³-hybridized carbons (Fsp3) is 0.381. The normalized spacial score (nSPS) is 16.2. The number of oxazole rings is 1. The average Bonchev–Trinajstić information content (AvgIpc) is 3.03. The number of aromatic amines is 1. The topological polar surface area (TPSA) is 58.5 Å². The molecule has 1 aliphatic rings. The molecule has 1 fully saturated rings. The molecular formula is C21H24N2O3. The second-order valence-electron chi connectivity index (χ2n) is 7.00. The molecule has 26 heavy (non-hydrogen) atoms. The smallest absolute Gasteiger partial charge is 0.417 e. The molecule has 1 aromatic heterocycles. The predicted molar refractivity (Wildman–Crippen MR) is 102 cm³/mol. The van der Waals surface area contributed by atoms with Crippen molar-refractivity contribution < 1.29 is 9.15 Å². The zero-order valence-corrected chi connectivity index (χ0v) is 14.8. The van der Waals surface area contributed by atoms with Crippen LogP contribution in [0.1, 0.15) is 18.4 Å². The monoisotopic (exact) mass is 352 g/mol. The maximum absolute atomic E-state index is 11.2. The summed E-state index contributed by atoms with van der Waals surface area (Å²) in [5.74, 6) is 1.11. The van der Waals surface area contributed by atoms with E-state index < -0.39 is 5.76 Å². The molecule has 0 aliphatic carbocycles. The van der Waals surface area contributed by atoms with Crippen LogP contribution in [0, 0.1) is 5.92 Å². The van der Waals surface area contributed by atoms with Crippen molar-refractivity contribution in [2.45, 2.75) is 19.3 Å². The van der Waals surface area contributed by atoms with Crippen molar-refractivity contribution in [3.63, 3.8) is 0 Å². The summed E-state index contributed by atoms with van der Waals surface area (Å²) in [7, 11) is 0. The van der Waals surface area contributed by atoms with Gasteiger partial charge in [0.1, 0.15) is 12.4 Å². The number of piperidine rings is 1. The number of ether oxygens (including phenoxy) is 1. The molecule has 2 heterocycles. The van der Waals surface area contributed by atoms with Gasteiger partial charge in [0, 0.05) is 12.6 Å². The fourth-order valence-electron chi connectivity index (χ4n) is 3.68. The van der Waals surface area contributed by atoms with Gasteiger partial charge in [0.15, 0.2) is 5.58 Å². The average molecular weight is 352 g/mol. The van der Waals surface area contributed by atoms with E-state index in [1.54, 1.807) is 6.07 Å². The van der Waals surface area contributed by atoms with E-state index in [1.165, 1.54) is 24.8 Å². The molecule has 0 unspecified atom stereocenters.